The third-order valence-corrected chi connectivity index (χ3v) is 1.97. The summed E-state index contributed by atoms with van der Waals surface area (Å²) in [6.07, 6.45) is 1.15. The van der Waals surface area contributed by atoms with Crippen LogP contribution in [0.25, 0.3) is 0 Å². The molecule has 0 bridgehead atoms. The molecule has 2 rings (SSSR count). The predicted molar refractivity (Wildman–Crippen MR) is 48.7 cm³/mol. The minimum absolute atomic E-state index is 0.215. The number of hydrogen-bond acceptors (Lipinski definition) is 5. The third kappa shape index (κ3) is 1.93. The van der Waals surface area contributed by atoms with Crippen molar-refractivity contribution in [3.63, 3.8) is 0 Å². The molecule has 1 aliphatic rings. The van der Waals surface area contributed by atoms with Crippen LogP contribution in [0.4, 0.5) is 0 Å². The van der Waals surface area contributed by atoms with Crippen LogP contribution in [0.2, 0.25) is 0 Å². The molecule has 5 nitrogen and oxygen atoms in total. The Balaban J connectivity index is 2.12. The first-order valence-corrected chi connectivity index (χ1v) is 4.32. The largest absolute Gasteiger partial charge is 0.508 e. The molecule has 0 unspecified atom stereocenters. The standard InChI is InChI=1S/C8H10BNO4/c11-9(12)7-2-1-6(5-10-7)8-13-3-4-14-8/h1-2,5,8,11-12H,3-4H2. The van der Waals surface area contributed by atoms with Crippen molar-refractivity contribution < 1.29 is 19.5 Å². The van der Waals surface area contributed by atoms with E-state index < -0.39 is 7.12 Å². The lowest BCUT2D eigenvalue weighted by atomic mass is 9.85. The van der Waals surface area contributed by atoms with Gasteiger partial charge in [0.2, 0.25) is 0 Å². The first kappa shape index (κ1) is 9.60. The van der Waals surface area contributed by atoms with Gasteiger partial charge < -0.3 is 19.5 Å². The van der Waals surface area contributed by atoms with Gasteiger partial charge in [-0.05, 0) is 6.07 Å². The summed E-state index contributed by atoms with van der Waals surface area (Å²) in [7, 11) is -1.53. The summed E-state index contributed by atoms with van der Waals surface area (Å²) in [5.74, 6) is 0. The minimum atomic E-state index is -1.53. The summed E-state index contributed by atoms with van der Waals surface area (Å²) in [4.78, 5) is 3.86. The lowest BCUT2D eigenvalue weighted by molar-refractivity contribution is -0.0443. The Bertz CT molecular complexity index is 297. The maximum absolute atomic E-state index is 8.81. The minimum Gasteiger partial charge on any atom is -0.422 e. The number of hydrogen-bond donors (Lipinski definition) is 2. The smallest absolute Gasteiger partial charge is 0.422 e. The van der Waals surface area contributed by atoms with Crippen LogP contribution in [-0.2, 0) is 9.47 Å². The summed E-state index contributed by atoms with van der Waals surface area (Å²) in [6.45, 7) is 1.16. The van der Waals surface area contributed by atoms with Crippen molar-refractivity contribution in [3.8, 4) is 0 Å². The van der Waals surface area contributed by atoms with Crippen molar-refractivity contribution in [1.82, 2.24) is 4.98 Å². The van der Waals surface area contributed by atoms with Crippen molar-refractivity contribution >= 4 is 12.7 Å². The molecule has 1 fully saturated rings. The lowest BCUT2D eigenvalue weighted by Crippen LogP contribution is -2.32. The van der Waals surface area contributed by atoms with E-state index in [2.05, 4.69) is 4.98 Å². The monoisotopic (exact) mass is 195 g/mol. The molecule has 0 aliphatic carbocycles. The van der Waals surface area contributed by atoms with Crippen molar-refractivity contribution in [2.24, 2.45) is 0 Å². The molecule has 1 saturated heterocycles. The van der Waals surface area contributed by atoms with E-state index in [0.717, 1.165) is 5.56 Å². The molecule has 14 heavy (non-hydrogen) atoms. The van der Waals surface area contributed by atoms with Crippen molar-refractivity contribution in [2.45, 2.75) is 6.29 Å². The molecule has 2 N–H and O–H groups in total. The molecule has 0 amide bonds. The molecule has 0 spiro atoms. The van der Waals surface area contributed by atoms with Gasteiger partial charge in [-0.3, -0.25) is 4.98 Å². The fourth-order valence-electron chi connectivity index (χ4n) is 1.26. The number of aromatic nitrogens is 1. The molecule has 1 aromatic rings. The zero-order valence-corrected chi connectivity index (χ0v) is 7.46. The van der Waals surface area contributed by atoms with E-state index in [1.165, 1.54) is 12.3 Å². The second kappa shape index (κ2) is 4.06. The molecule has 0 saturated carbocycles. The maximum Gasteiger partial charge on any atom is 0.508 e. The summed E-state index contributed by atoms with van der Waals surface area (Å²) >= 11 is 0. The van der Waals surface area contributed by atoms with Gasteiger partial charge in [0.15, 0.2) is 6.29 Å². The highest BCUT2D eigenvalue weighted by Crippen LogP contribution is 2.21. The van der Waals surface area contributed by atoms with Gasteiger partial charge in [0.05, 0.1) is 18.8 Å². The Hall–Kier alpha value is -0.945. The van der Waals surface area contributed by atoms with Crippen LogP contribution in [-0.4, -0.2) is 35.4 Å². The summed E-state index contributed by atoms with van der Waals surface area (Å²) in [6, 6.07) is 3.24. The maximum atomic E-state index is 8.81. The molecule has 0 aromatic carbocycles. The lowest BCUT2D eigenvalue weighted by Gasteiger charge is -2.08. The Morgan fingerprint density at radius 3 is 2.50 bits per heavy atom. The van der Waals surface area contributed by atoms with E-state index in [4.69, 9.17) is 19.5 Å². The van der Waals surface area contributed by atoms with E-state index in [-0.39, 0.29) is 11.9 Å². The Kier molecular flexibility index (Phi) is 2.78. The van der Waals surface area contributed by atoms with Gasteiger partial charge >= 0.3 is 7.12 Å². The molecule has 1 aliphatic heterocycles. The topological polar surface area (TPSA) is 71.8 Å². The summed E-state index contributed by atoms with van der Waals surface area (Å²) in [5.41, 5.74) is 0.999. The van der Waals surface area contributed by atoms with Crippen LogP contribution in [0.1, 0.15) is 11.9 Å². The van der Waals surface area contributed by atoms with Crippen molar-refractivity contribution in [1.29, 1.82) is 0 Å². The van der Waals surface area contributed by atoms with Crippen LogP contribution < -0.4 is 5.59 Å². The molecule has 0 radical (unpaired) electrons. The van der Waals surface area contributed by atoms with Gasteiger partial charge in [-0.1, -0.05) is 6.07 Å². The first-order chi connectivity index (χ1) is 6.77. The van der Waals surface area contributed by atoms with Gasteiger partial charge in [0.25, 0.3) is 0 Å². The van der Waals surface area contributed by atoms with E-state index in [9.17, 15) is 0 Å². The third-order valence-electron chi connectivity index (χ3n) is 1.97. The molecule has 2 heterocycles. The molecule has 0 atom stereocenters. The number of ether oxygens (including phenoxy) is 2. The second-order valence-corrected chi connectivity index (χ2v) is 2.96. The van der Waals surface area contributed by atoms with Gasteiger partial charge in [0.1, 0.15) is 0 Å². The number of pyridine rings is 1. The Morgan fingerprint density at radius 1 is 1.29 bits per heavy atom. The van der Waals surface area contributed by atoms with E-state index in [1.54, 1.807) is 6.07 Å². The van der Waals surface area contributed by atoms with Gasteiger partial charge in [-0.2, -0.15) is 0 Å². The SMILES string of the molecule is OB(O)c1ccc(C2OCCO2)cn1. The zero-order valence-electron chi connectivity index (χ0n) is 7.46. The fourth-order valence-corrected chi connectivity index (χ4v) is 1.26. The molecule has 1 aromatic heterocycles. The predicted octanol–water partition coefficient (Wildman–Crippen LogP) is -1.19. The molecular weight excluding hydrogens is 185 g/mol. The molecular formula is C8H10BNO4. The summed E-state index contributed by atoms with van der Waals surface area (Å²) in [5, 5.41) is 17.6. The number of rotatable bonds is 2. The van der Waals surface area contributed by atoms with Crippen LogP contribution in [0, 0.1) is 0 Å². The first-order valence-electron chi connectivity index (χ1n) is 4.32. The second-order valence-electron chi connectivity index (χ2n) is 2.96. The van der Waals surface area contributed by atoms with Crippen LogP contribution in [0.15, 0.2) is 18.3 Å². The Morgan fingerprint density at radius 2 is 2.00 bits per heavy atom. The molecule has 6 heteroatoms. The van der Waals surface area contributed by atoms with Crippen molar-refractivity contribution in [3.05, 3.63) is 23.9 Å². The Labute approximate surface area is 81.4 Å². The van der Waals surface area contributed by atoms with Crippen molar-refractivity contribution in [2.75, 3.05) is 13.2 Å². The van der Waals surface area contributed by atoms with Gasteiger partial charge in [0, 0.05) is 11.8 Å². The van der Waals surface area contributed by atoms with Crippen LogP contribution >= 0.6 is 0 Å². The normalized spacial score (nSPS) is 17.3. The highest BCUT2D eigenvalue weighted by Gasteiger charge is 2.19. The van der Waals surface area contributed by atoms with Gasteiger partial charge in [-0.25, -0.2) is 0 Å². The quantitative estimate of drug-likeness (QED) is 0.580. The average Bonchev–Trinajstić information content (AvgIpc) is 2.71. The van der Waals surface area contributed by atoms with Crippen LogP contribution in [0.3, 0.4) is 0 Å². The van der Waals surface area contributed by atoms with E-state index in [0.29, 0.717) is 13.2 Å². The average molecular weight is 195 g/mol. The highest BCUT2D eigenvalue weighted by molar-refractivity contribution is 6.57. The number of nitrogens with zero attached hydrogens (tertiary/aromatic N) is 1. The molecule has 74 valence electrons. The zero-order chi connectivity index (χ0) is 9.97. The summed E-state index contributed by atoms with van der Waals surface area (Å²) < 4.78 is 10.5. The fraction of sp³-hybridized carbons (Fsp3) is 0.375. The highest BCUT2D eigenvalue weighted by atomic mass is 16.7. The van der Waals surface area contributed by atoms with Gasteiger partial charge in [-0.15, -0.1) is 0 Å². The van der Waals surface area contributed by atoms with E-state index in [1.807, 2.05) is 0 Å². The van der Waals surface area contributed by atoms with Crippen LogP contribution in [0.5, 0.6) is 0 Å². The van der Waals surface area contributed by atoms with E-state index >= 15 is 0 Å².